The molecule has 0 fully saturated rings. The molecular weight excluding hydrogens is 471 g/mol. The summed E-state index contributed by atoms with van der Waals surface area (Å²) < 4.78 is 7.88. The molecule has 6 rings (SSSR count). The van der Waals surface area contributed by atoms with Gasteiger partial charge in [-0.1, -0.05) is 139 Å². The van der Waals surface area contributed by atoms with Crippen LogP contribution in [0.2, 0.25) is 0 Å². The number of hydrogen-bond acceptors (Lipinski definition) is 3. The molecule has 0 aliphatic heterocycles. The van der Waals surface area contributed by atoms with Gasteiger partial charge in [0, 0.05) is 22.3 Å². The summed E-state index contributed by atoms with van der Waals surface area (Å²) in [5.41, 5.74) is 3.07. The van der Waals surface area contributed by atoms with E-state index in [4.69, 9.17) is 4.74 Å². The maximum atomic E-state index is 5.88. The molecule has 0 N–H and O–H groups in total. The highest BCUT2D eigenvalue weighted by Gasteiger charge is 2.30. The molecule has 4 nitrogen and oxygen atoms in total. The lowest BCUT2D eigenvalue weighted by atomic mass is 10.1. The van der Waals surface area contributed by atoms with Crippen LogP contribution in [0.15, 0.2) is 150 Å². The van der Waals surface area contributed by atoms with E-state index >= 15 is 0 Å². The number of aromatic nitrogens is 3. The highest BCUT2D eigenvalue weighted by molar-refractivity contribution is 7.87. The van der Waals surface area contributed by atoms with Gasteiger partial charge in [-0.2, -0.15) is 0 Å². The standard InChI is InChI=1S/C32H27N4P/c1-5-15-26(16-6-1)25-32(36-31-24-14-13-23-30(31)33-35-36)34-37(27-17-7-2-8-18-27,28-19-9-3-10-20-28)29-21-11-4-12-22-29/h1-24,32H,25H2. The van der Waals surface area contributed by atoms with Gasteiger partial charge in [-0.25, -0.2) is 4.68 Å². The van der Waals surface area contributed by atoms with E-state index in [1.165, 1.54) is 21.5 Å². The Labute approximate surface area is 217 Å². The summed E-state index contributed by atoms with van der Waals surface area (Å²) in [7, 11) is -2.43. The quantitative estimate of drug-likeness (QED) is 0.241. The Balaban J connectivity index is 1.69. The van der Waals surface area contributed by atoms with Crippen LogP contribution in [0.5, 0.6) is 0 Å². The Bertz CT molecular complexity index is 1540. The molecule has 0 radical (unpaired) electrons. The molecule has 5 heteroatoms. The van der Waals surface area contributed by atoms with Crippen molar-refractivity contribution in [3.05, 3.63) is 151 Å². The molecule has 0 amide bonds. The molecular formula is C32H27N4P. The monoisotopic (exact) mass is 498 g/mol. The molecule has 0 saturated heterocycles. The van der Waals surface area contributed by atoms with Crippen LogP contribution in [-0.4, -0.2) is 15.0 Å². The van der Waals surface area contributed by atoms with Crippen molar-refractivity contribution in [2.45, 2.75) is 12.6 Å². The molecule has 5 aromatic carbocycles. The average Bonchev–Trinajstić information content (AvgIpc) is 3.42. The Morgan fingerprint density at radius 1 is 0.568 bits per heavy atom. The smallest absolute Gasteiger partial charge is 0.147 e. The van der Waals surface area contributed by atoms with Crippen molar-refractivity contribution in [3.8, 4) is 0 Å². The van der Waals surface area contributed by atoms with Crippen molar-refractivity contribution in [1.29, 1.82) is 0 Å². The van der Waals surface area contributed by atoms with E-state index in [9.17, 15) is 0 Å². The topological polar surface area (TPSA) is 43.1 Å². The van der Waals surface area contributed by atoms with Crippen molar-refractivity contribution >= 4 is 34.0 Å². The zero-order valence-corrected chi connectivity index (χ0v) is 21.3. The van der Waals surface area contributed by atoms with E-state index < -0.39 is 7.05 Å². The summed E-state index contributed by atoms with van der Waals surface area (Å²) in [6.45, 7) is 0. The zero-order chi connectivity index (χ0) is 24.9. The predicted octanol–water partition coefficient (Wildman–Crippen LogP) is 6.35. The Morgan fingerprint density at radius 3 is 1.57 bits per heavy atom. The van der Waals surface area contributed by atoms with Crippen molar-refractivity contribution in [2.24, 2.45) is 4.74 Å². The van der Waals surface area contributed by atoms with Gasteiger partial charge in [0.1, 0.15) is 11.7 Å². The normalized spacial score (nSPS) is 12.3. The van der Waals surface area contributed by atoms with Gasteiger partial charge in [-0.15, -0.1) is 5.10 Å². The fourth-order valence-electron chi connectivity index (χ4n) is 4.89. The molecule has 1 atom stereocenters. The zero-order valence-electron chi connectivity index (χ0n) is 20.4. The minimum Gasteiger partial charge on any atom is -0.263 e. The van der Waals surface area contributed by atoms with Crippen LogP contribution in [0, 0.1) is 0 Å². The lowest BCUT2D eigenvalue weighted by molar-refractivity contribution is 0.474. The van der Waals surface area contributed by atoms with Crippen LogP contribution >= 0.6 is 7.05 Å². The first-order valence-corrected chi connectivity index (χ1v) is 14.2. The largest absolute Gasteiger partial charge is 0.263 e. The summed E-state index contributed by atoms with van der Waals surface area (Å²) in [5.74, 6) is 0. The minimum atomic E-state index is -2.43. The number of para-hydroxylation sites is 1. The van der Waals surface area contributed by atoms with Crippen LogP contribution in [0.3, 0.4) is 0 Å². The molecule has 1 unspecified atom stereocenters. The third kappa shape index (κ3) is 4.52. The fourth-order valence-corrected chi connectivity index (χ4v) is 8.57. The molecule has 37 heavy (non-hydrogen) atoms. The number of rotatable bonds is 7. The number of nitrogens with zero attached hydrogens (tertiary/aromatic N) is 4. The Kier molecular flexibility index (Phi) is 6.49. The Morgan fingerprint density at radius 2 is 1.03 bits per heavy atom. The molecule has 0 aliphatic rings. The van der Waals surface area contributed by atoms with Crippen LogP contribution < -0.4 is 15.9 Å². The van der Waals surface area contributed by atoms with Gasteiger partial charge in [-0.05, 0) is 17.7 Å². The second-order valence-corrected chi connectivity index (χ2v) is 12.0. The highest BCUT2D eigenvalue weighted by Crippen LogP contribution is 2.49. The second-order valence-electron chi connectivity index (χ2n) is 8.95. The fraction of sp³-hybridized carbons (Fsp3) is 0.0625. The average molecular weight is 499 g/mol. The third-order valence-corrected chi connectivity index (χ3v) is 10.4. The van der Waals surface area contributed by atoms with Gasteiger partial charge in [0.15, 0.2) is 0 Å². The van der Waals surface area contributed by atoms with Gasteiger partial charge in [-0.3, -0.25) is 4.74 Å². The first-order valence-electron chi connectivity index (χ1n) is 12.5. The maximum absolute atomic E-state index is 5.88. The summed E-state index contributed by atoms with van der Waals surface area (Å²) in [5, 5.41) is 12.8. The minimum absolute atomic E-state index is 0.260. The summed E-state index contributed by atoms with van der Waals surface area (Å²) >= 11 is 0. The van der Waals surface area contributed by atoms with E-state index in [1.807, 2.05) is 22.9 Å². The lowest BCUT2D eigenvalue weighted by Crippen LogP contribution is -2.27. The van der Waals surface area contributed by atoms with E-state index in [0.29, 0.717) is 6.42 Å². The first-order chi connectivity index (χ1) is 18.3. The molecule has 1 aromatic heterocycles. The SMILES string of the molecule is c1ccc(CC(N=P(c2ccccc2)(c2ccccc2)c2ccccc2)n2nnc3ccccc32)cc1. The molecule has 0 spiro atoms. The highest BCUT2D eigenvalue weighted by atomic mass is 31.2. The van der Waals surface area contributed by atoms with Crippen LogP contribution in [0.1, 0.15) is 11.7 Å². The third-order valence-electron chi connectivity index (χ3n) is 6.62. The second kappa shape index (κ2) is 10.4. The van der Waals surface area contributed by atoms with Gasteiger partial charge in [0.05, 0.1) is 12.6 Å². The van der Waals surface area contributed by atoms with Crippen molar-refractivity contribution in [3.63, 3.8) is 0 Å². The van der Waals surface area contributed by atoms with Gasteiger partial charge in [0.25, 0.3) is 0 Å². The van der Waals surface area contributed by atoms with Crippen molar-refractivity contribution < 1.29 is 0 Å². The number of benzene rings is 5. The van der Waals surface area contributed by atoms with E-state index in [-0.39, 0.29) is 6.17 Å². The Hall–Kier alpha value is -4.27. The molecule has 0 aliphatic carbocycles. The molecule has 1 heterocycles. The van der Waals surface area contributed by atoms with Crippen LogP contribution in [0.25, 0.3) is 11.0 Å². The summed E-state index contributed by atoms with van der Waals surface area (Å²) in [6, 6.07) is 50.9. The number of hydrogen-bond donors (Lipinski definition) is 0. The van der Waals surface area contributed by atoms with Crippen molar-refractivity contribution in [1.82, 2.24) is 15.0 Å². The van der Waals surface area contributed by atoms with E-state index in [2.05, 4.69) is 138 Å². The van der Waals surface area contributed by atoms with Crippen LogP contribution in [-0.2, 0) is 6.42 Å². The molecule has 0 bridgehead atoms. The first kappa shape index (κ1) is 23.1. The van der Waals surface area contributed by atoms with Gasteiger partial charge < -0.3 is 0 Å². The van der Waals surface area contributed by atoms with Gasteiger partial charge >= 0.3 is 0 Å². The predicted molar refractivity (Wildman–Crippen MR) is 154 cm³/mol. The van der Waals surface area contributed by atoms with Gasteiger partial charge in [0.2, 0.25) is 0 Å². The molecule has 180 valence electrons. The van der Waals surface area contributed by atoms with Crippen molar-refractivity contribution in [2.75, 3.05) is 0 Å². The maximum Gasteiger partial charge on any atom is 0.147 e. The van der Waals surface area contributed by atoms with E-state index in [0.717, 1.165) is 11.0 Å². The van der Waals surface area contributed by atoms with E-state index in [1.54, 1.807) is 0 Å². The molecule has 6 aromatic rings. The van der Waals surface area contributed by atoms with Crippen LogP contribution in [0.4, 0.5) is 0 Å². The summed E-state index contributed by atoms with van der Waals surface area (Å²) in [4.78, 5) is 0. The summed E-state index contributed by atoms with van der Waals surface area (Å²) in [6.07, 6.45) is 0.450. The number of fused-ring (bicyclic) bond motifs is 1. The lowest BCUT2D eigenvalue weighted by Gasteiger charge is -2.29. The molecule has 0 saturated carbocycles.